The maximum absolute atomic E-state index is 11.1. The van der Waals surface area contributed by atoms with Gasteiger partial charge in [-0.25, -0.2) is 0 Å². The van der Waals surface area contributed by atoms with Gasteiger partial charge in [0, 0.05) is 10.7 Å². The number of benzene rings is 1. The van der Waals surface area contributed by atoms with Crippen molar-refractivity contribution in [3.63, 3.8) is 0 Å². The Morgan fingerprint density at radius 1 is 1.45 bits per heavy atom. The lowest BCUT2D eigenvalue weighted by Crippen LogP contribution is -2.16. The smallest absolute Gasteiger partial charge is 0.303 e. The van der Waals surface area contributed by atoms with Crippen molar-refractivity contribution < 1.29 is 9.90 Å². The Morgan fingerprint density at radius 3 is 2.95 bits per heavy atom. The van der Waals surface area contributed by atoms with Gasteiger partial charge in [-0.15, -0.1) is 0 Å². The maximum atomic E-state index is 11.1. The number of aliphatic carboxylic acids is 1. The normalized spacial score (nSPS) is 17.3. The molecule has 22 heavy (non-hydrogen) atoms. The Bertz CT molecular complexity index is 709. The van der Waals surface area contributed by atoms with E-state index in [-0.39, 0.29) is 12.3 Å². The molecule has 0 amide bonds. The quantitative estimate of drug-likeness (QED) is 0.933. The van der Waals surface area contributed by atoms with Crippen LogP contribution in [0.1, 0.15) is 47.7 Å². The van der Waals surface area contributed by atoms with Crippen LogP contribution in [0.25, 0.3) is 0 Å². The van der Waals surface area contributed by atoms with Crippen molar-refractivity contribution in [2.45, 2.75) is 45.1 Å². The van der Waals surface area contributed by atoms with Crippen LogP contribution < -0.4 is 0 Å². The summed E-state index contributed by atoms with van der Waals surface area (Å²) < 4.78 is 2.00. The van der Waals surface area contributed by atoms with E-state index in [1.165, 1.54) is 5.69 Å². The third-order valence-corrected chi connectivity index (χ3v) is 4.73. The van der Waals surface area contributed by atoms with Gasteiger partial charge in [0.05, 0.1) is 18.7 Å². The summed E-state index contributed by atoms with van der Waals surface area (Å²) in [6.45, 7) is 2.61. The molecule has 1 aromatic heterocycles. The summed E-state index contributed by atoms with van der Waals surface area (Å²) in [7, 11) is 0. The van der Waals surface area contributed by atoms with Gasteiger partial charge >= 0.3 is 5.97 Å². The molecule has 0 spiro atoms. The lowest BCUT2D eigenvalue weighted by Gasteiger charge is -2.22. The molecule has 1 N–H and O–H groups in total. The molecule has 2 aromatic rings. The van der Waals surface area contributed by atoms with Crippen LogP contribution in [-0.2, 0) is 17.8 Å². The molecular weight excluding hydrogens is 300 g/mol. The molecule has 1 aromatic carbocycles. The number of carboxylic acid groups (broad SMARTS) is 1. The number of halogens is 1. The summed E-state index contributed by atoms with van der Waals surface area (Å²) in [6, 6.07) is 7.77. The number of nitrogens with zero attached hydrogens (tertiary/aromatic N) is 2. The summed E-state index contributed by atoms with van der Waals surface area (Å²) in [5, 5.41) is 14.5. The first-order valence-electron chi connectivity index (χ1n) is 7.57. The molecule has 5 heteroatoms. The molecule has 0 saturated carbocycles. The molecule has 4 nitrogen and oxygen atoms in total. The number of aryl methyl sites for hydroxylation is 1. The molecule has 3 rings (SSSR count). The summed E-state index contributed by atoms with van der Waals surface area (Å²) in [5.41, 5.74) is 4.30. The molecule has 1 heterocycles. The van der Waals surface area contributed by atoms with Crippen LogP contribution in [0.4, 0.5) is 0 Å². The van der Waals surface area contributed by atoms with Crippen molar-refractivity contribution in [2.75, 3.05) is 0 Å². The van der Waals surface area contributed by atoms with Gasteiger partial charge in [0.1, 0.15) is 0 Å². The highest BCUT2D eigenvalue weighted by Gasteiger charge is 2.28. The van der Waals surface area contributed by atoms with Crippen molar-refractivity contribution in [3.8, 4) is 0 Å². The highest BCUT2D eigenvalue weighted by molar-refractivity contribution is 6.31. The summed E-state index contributed by atoms with van der Waals surface area (Å²) >= 11 is 6.24. The second-order valence-corrected chi connectivity index (χ2v) is 6.29. The van der Waals surface area contributed by atoms with Gasteiger partial charge < -0.3 is 5.11 Å². The Hall–Kier alpha value is -1.81. The van der Waals surface area contributed by atoms with E-state index in [0.29, 0.717) is 6.54 Å². The first-order valence-corrected chi connectivity index (χ1v) is 7.95. The van der Waals surface area contributed by atoms with Crippen molar-refractivity contribution in [1.82, 2.24) is 9.78 Å². The number of hydrogen-bond acceptors (Lipinski definition) is 2. The maximum Gasteiger partial charge on any atom is 0.303 e. The number of carbonyl (C=O) groups is 1. The molecular formula is C17H19ClN2O2. The van der Waals surface area contributed by atoms with Crippen LogP contribution in [0.5, 0.6) is 0 Å². The molecule has 0 radical (unpaired) electrons. The van der Waals surface area contributed by atoms with E-state index in [9.17, 15) is 4.79 Å². The molecule has 0 fully saturated rings. The number of carboxylic acids is 1. The van der Waals surface area contributed by atoms with E-state index < -0.39 is 5.97 Å². The van der Waals surface area contributed by atoms with Gasteiger partial charge in [0.25, 0.3) is 0 Å². The fourth-order valence-corrected chi connectivity index (χ4v) is 3.63. The van der Waals surface area contributed by atoms with Gasteiger partial charge in [-0.2, -0.15) is 5.10 Å². The highest BCUT2D eigenvalue weighted by atomic mass is 35.5. The molecule has 1 aliphatic carbocycles. The van der Waals surface area contributed by atoms with Crippen LogP contribution in [0.3, 0.4) is 0 Å². The third kappa shape index (κ3) is 2.88. The molecule has 1 atom stereocenters. The number of hydrogen-bond donors (Lipinski definition) is 1. The fraction of sp³-hybridized carbons (Fsp3) is 0.412. The van der Waals surface area contributed by atoms with Gasteiger partial charge in [-0.1, -0.05) is 29.8 Å². The predicted octanol–water partition coefficient (Wildman–Crippen LogP) is 3.79. The standard InChI is InChI=1S/C17H19ClN2O2/c1-11-17-12(9-16(21)22)6-4-8-15(17)20(19-11)10-13-5-2-3-7-14(13)18/h2-3,5,7,12H,4,6,8-10H2,1H3,(H,21,22). The zero-order valence-corrected chi connectivity index (χ0v) is 13.3. The first kappa shape index (κ1) is 15.1. The van der Waals surface area contributed by atoms with Crippen molar-refractivity contribution in [1.29, 1.82) is 0 Å². The number of aromatic nitrogens is 2. The molecule has 0 aliphatic heterocycles. The molecule has 116 valence electrons. The molecule has 1 aliphatic rings. The minimum absolute atomic E-state index is 0.0845. The van der Waals surface area contributed by atoms with Crippen LogP contribution in [0.2, 0.25) is 5.02 Å². The SMILES string of the molecule is Cc1nn(Cc2ccccc2Cl)c2c1C(CC(=O)O)CCC2. The van der Waals surface area contributed by atoms with Crippen LogP contribution in [0.15, 0.2) is 24.3 Å². The Balaban J connectivity index is 1.95. The summed E-state index contributed by atoms with van der Waals surface area (Å²) in [5.74, 6) is -0.655. The van der Waals surface area contributed by atoms with E-state index in [1.54, 1.807) is 0 Å². The average Bonchev–Trinajstić information content (AvgIpc) is 2.78. The lowest BCUT2D eigenvalue weighted by atomic mass is 9.83. The third-order valence-electron chi connectivity index (χ3n) is 4.36. The average molecular weight is 319 g/mol. The van der Waals surface area contributed by atoms with Crippen molar-refractivity contribution >= 4 is 17.6 Å². The van der Waals surface area contributed by atoms with Crippen molar-refractivity contribution in [2.24, 2.45) is 0 Å². The topological polar surface area (TPSA) is 55.1 Å². The van der Waals surface area contributed by atoms with E-state index >= 15 is 0 Å². The van der Waals surface area contributed by atoms with Crippen LogP contribution in [-0.4, -0.2) is 20.9 Å². The highest BCUT2D eigenvalue weighted by Crippen LogP contribution is 2.36. The van der Waals surface area contributed by atoms with E-state index in [0.717, 1.165) is 41.1 Å². The summed E-state index contributed by atoms with van der Waals surface area (Å²) in [4.78, 5) is 11.1. The molecule has 0 bridgehead atoms. The van der Waals surface area contributed by atoms with Crippen LogP contribution in [0, 0.1) is 6.92 Å². The van der Waals surface area contributed by atoms with Crippen LogP contribution >= 0.6 is 11.6 Å². The van der Waals surface area contributed by atoms with E-state index in [2.05, 4.69) is 5.10 Å². The molecule has 0 saturated heterocycles. The zero-order valence-electron chi connectivity index (χ0n) is 12.6. The predicted molar refractivity (Wildman–Crippen MR) is 85.4 cm³/mol. The zero-order chi connectivity index (χ0) is 15.7. The second kappa shape index (κ2) is 6.13. The fourth-order valence-electron chi connectivity index (χ4n) is 3.43. The minimum Gasteiger partial charge on any atom is -0.481 e. The van der Waals surface area contributed by atoms with Gasteiger partial charge in [0.15, 0.2) is 0 Å². The Morgan fingerprint density at radius 2 is 2.23 bits per heavy atom. The van der Waals surface area contributed by atoms with E-state index in [1.807, 2.05) is 35.9 Å². The monoisotopic (exact) mass is 318 g/mol. The van der Waals surface area contributed by atoms with Gasteiger partial charge in [0.2, 0.25) is 0 Å². The largest absolute Gasteiger partial charge is 0.481 e. The number of rotatable bonds is 4. The minimum atomic E-state index is -0.740. The first-order chi connectivity index (χ1) is 10.6. The summed E-state index contributed by atoms with van der Waals surface area (Å²) in [6.07, 6.45) is 3.08. The number of fused-ring (bicyclic) bond motifs is 1. The Labute approximate surface area is 134 Å². The lowest BCUT2D eigenvalue weighted by molar-refractivity contribution is -0.137. The Kier molecular flexibility index (Phi) is 4.21. The second-order valence-electron chi connectivity index (χ2n) is 5.88. The van der Waals surface area contributed by atoms with Gasteiger partial charge in [-0.05, 0) is 49.3 Å². The van der Waals surface area contributed by atoms with Crippen molar-refractivity contribution in [3.05, 3.63) is 51.8 Å². The van der Waals surface area contributed by atoms with E-state index in [4.69, 9.17) is 16.7 Å². The van der Waals surface area contributed by atoms with Gasteiger partial charge in [-0.3, -0.25) is 9.48 Å². The molecule has 1 unspecified atom stereocenters.